The lowest BCUT2D eigenvalue weighted by molar-refractivity contribution is -0.142. The van der Waals surface area contributed by atoms with Crippen molar-refractivity contribution in [1.82, 2.24) is 4.90 Å². The molecule has 0 saturated carbocycles. The maximum absolute atomic E-state index is 11.9. The van der Waals surface area contributed by atoms with E-state index in [1.165, 1.54) is 6.92 Å². The zero-order valence-electron chi connectivity index (χ0n) is 19.3. The quantitative estimate of drug-likeness (QED) is 0.218. The van der Waals surface area contributed by atoms with E-state index in [0.717, 1.165) is 40.1 Å². The van der Waals surface area contributed by atoms with Crippen molar-refractivity contribution in [2.24, 2.45) is 0 Å². The summed E-state index contributed by atoms with van der Waals surface area (Å²) in [5, 5.41) is 0. The van der Waals surface area contributed by atoms with E-state index in [4.69, 9.17) is 21.1 Å². The largest absolute Gasteiger partial charge is 0.492 e. The highest BCUT2D eigenvalue weighted by molar-refractivity contribution is 6.19. The Bertz CT molecular complexity index is 1050. The van der Waals surface area contributed by atoms with Gasteiger partial charge in [-0.1, -0.05) is 72.8 Å². The third kappa shape index (κ3) is 6.95. The van der Waals surface area contributed by atoms with Gasteiger partial charge in [0.1, 0.15) is 18.5 Å². The summed E-state index contributed by atoms with van der Waals surface area (Å²) in [6, 6.07) is 28.0. The van der Waals surface area contributed by atoms with Crippen LogP contribution in [0.5, 0.6) is 5.75 Å². The number of likely N-dealkylation sites (N-methyl/N-ethyl adjacent to an activating group) is 1. The molecular weight excluding hydrogens is 434 g/mol. The Kier molecular flexibility index (Phi) is 9.11. The van der Waals surface area contributed by atoms with E-state index in [2.05, 4.69) is 17.0 Å². The molecule has 3 aromatic carbocycles. The van der Waals surface area contributed by atoms with Gasteiger partial charge >= 0.3 is 5.97 Å². The number of rotatable bonds is 10. The van der Waals surface area contributed by atoms with Gasteiger partial charge in [0.2, 0.25) is 0 Å². The van der Waals surface area contributed by atoms with Gasteiger partial charge in [-0.15, -0.1) is 11.6 Å². The van der Waals surface area contributed by atoms with Crippen LogP contribution in [0.15, 0.2) is 84.9 Å². The molecule has 0 radical (unpaired) electrons. The molecule has 0 aliphatic heterocycles. The molecule has 0 fully saturated rings. The molecule has 0 aromatic heterocycles. The van der Waals surface area contributed by atoms with Gasteiger partial charge in [0.05, 0.1) is 5.88 Å². The fourth-order valence-electron chi connectivity index (χ4n) is 3.62. The number of hydrogen-bond donors (Lipinski definition) is 0. The number of ether oxygens (including phenoxy) is 2. The van der Waals surface area contributed by atoms with E-state index in [1.54, 1.807) is 0 Å². The first kappa shape index (κ1) is 24.6. The number of esters is 1. The Labute approximate surface area is 201 Å². The average molecular weight is 464 g/mol. The van der Waals surface area contributed by atoms with Crippen LogP contribution in [-0.2, 0) is 9.53 Å². The number of nitrogens with zero attached hydrogens (tertiary/aromatic N) is 1. The summed E-state index contributed by atoms with van der Waals surface area (Å²) < 4.78 is 11.6. The van der Waals surface area contributed by atoms with Crippen molar-refractivity contribution >= 4 is 28.7 Å². The smallest absolute Gasteiger partial charge is 0.303 e. The van der Waals surface area contributed by atoms with Crippen LogP contribution in [0.25, 0.3) is 11.1 Å². The third-order valence-electron chi connectivity index (χ3n) is 5.14. The maximum Gasteiger partial charge on any atom is 0.303 e. The highest BCUT2D eigenvalue weighted by Gasteiger charge is 2.24. The van der Waals surface area contributed by atoms with Crippen molar-refractivity contribution in [3.63, 3.8) is 0 Å². The zero-order valence-corrected chi connectivity index (χ0v) is 20.1. The Morgan fingerprint density at radius 3 is 1.91 bits per heavy atom. The molecule has 0 amide bonds. The van der Waals surface area contributed by atoms with Gasteiger partial charge in [0.25, 0.3) is 0 Å². The van der Waals surface area contributed by atoms with Crippen LogP contribution in [0.2, 0.25) is 0 Å². The molecule has 1 unspecified atom stereocenters. The summed E-state index contributed by atoms with van der Waals surface area (Å²) in [4.78, 5) is 14.0. The van der Waals surface area contributed by atoms with Crippen LogP contribution in [0.3, 0.4) is 0 Å². The molecule has 0 N–H and O–H groups in total. The summed E-state index contributed by atoms with van der Waals surface area (Å²) in [6.45, 7) is 2.86. The molecule has 172 valence electrons. The predicted molar refractivity (Wildman–Crippen MR) is 136 cm³/mol. The fraction of sp³-hybridized carbons (Fsp3) is 0.250. The minimum absolute atomic E-state index is 0.145. The first-order chi connectivity index (χ1) is 16.0. The topological polar surface area (TPSA) is 38.8 Å². The first-order valence-corrected chi connectivity index (χ1v) is 11.5. The Balaban J connectivity index is 2.15. The van der Waals surface area contributed by atoms with Gasteiger partial charge in [-0.25, -0.2) is 0 Å². The van der Waals surface area contributed by atoms with Crippen molar-refractivity contribution in [2.45, 2.75) is 13.0 Å². The maximum atomic E-state index is 11.9. The lowest BCUT2D eigenvalue weighted by Gasteiger charge is -2.24. The SMILES string of the molecule is CC(=O)OC(CCl)/C(=C(/c1ccccc1)c1ccc(OCCN(C)C)cc1)c1ccccc1. The number of benzene rings is 3. The second-order valence-corrected chi connectivity index (χ2v) is 8.26. The molecule has 4 nitrogen and oxygen atoms in total. The van der Waals surface area contributed by atoms with Crippen LogP contribution in [0.1, 0.15) is 23.6 Å². The van der Waals surface area contributed by atoms with E-state index in [1.807, 2.05) is 86.9 Å². The molecule has 33 heavy (non-hydrogen) atoms. The number of carbonyl (C=O) groups is 1. The third-order valence-corrected chi connectivity index (χ3v) is 5.42. The van der Waals surface area contributed by atoms with E-state index in [9.17, 15) is 4.79 Å². The van der Waals surface area contributed by atoms with E-state index in [-0.39, 0.29) is 11.8 Å². The summed E-state index contributed by atoms with van der Waals surface area (Å²) in [5.74, 6) is 0.584. The molecule has 1 atom stereocenters. The second-order valence-electron chi connectivity index (χ2n) is 7.95. The number of hydrogen-bond acceptors (Lipinski definition) is 4. The van der Waals surface area contributed by atoms with Crippen molar-refractivity contribution in [2.75, 3.05) is 33.1 Å². The summed E-state index contributed by atoms with van der Waals surface area (Å²) >= 11 is 6.35. The van der Waals surface area contributed by atoms with Crippen molar-refractivity contribution in [3.8, 4) is 5.75 Å². The summed E-state index contributed by atoms with van der Waals surface area (Å²) in [7, 11) is 4.04. The van der Waals surface area contributed by atoms with E-state index < -0.39 is 6.10 Å². The second kappa shape index (κ2) is 12.2. The molecule has 0 spiro atoms. The van der Waals surface area contributed by atoms with Gasteiger partial charge in [-0.3, -0.25) is 4.79 Å². The standard InChI is InChI=1S/C28H30ClNO3/c1-21(31)33-26(20-29)28(23-12-8-5-9-13-23)27(22-10-6-4-7-11-22)24-14-16-25(17-15-24)32-19-18-30(2)3/h4-17,26H,18-20H2,1-3H3/b28-27-. The molecule has 3 rings (SSSR count). The number of alkyl halides is 1. The van der Waals surface area contributed by atoms with Crippen LogP contribution in [0, 0.1) is 0 Å². The number of halogens is 1. The van der Waals surface area contributed by atoms with E-state index >= 15 is 0 Å². The molecule has 0 bridgehead atoms. The average Bonchev–Trinajstić information content (AvgIpc) is 2.82. The molecule has 3 aromatic rings. The van der Waals surface area contributed by atoms with Crippen molar-refractivity contribution in [1.29, 1.82) is 0 Å². The zero-order chi connectivity index (χ0) is 23.6. The molecule has 0 heterocycles. The molecular formula is C28H30ClNO3. The van der Waals surface area contributed by atoms with Gasteiger partial charge in [0.15, 0.2) is 0 Å². The molecule has 0 aliphatic carbocycles. The van der Waals surface area contributed by atoms with Gasteiger partial charge in [-0.05, 0) is 48.5 Å². The number of carbonyl (C=O) groups excluding carboxylic acids is 1. The van der Waals surface area contributed by atoms with Crippen LogP contribution >= 0.6 is 11.6 Å². The first-order valence-electron chi connectivity index (χ1n) is 11.0. The Morgan fingerprint density at radius 2 is 1.39 bits per heavy atom. The highest BCUT2D eigenvalue weighted by Crippen LogP contribution is 2.36. The normalized spacial score (nSPS) is 12.8. The van der Waals surface area contributed by atoms with Crippen LogP contribution < -0.4 is 4.74 Å². The lowest BCUT2D eigenvalue weighted by Crippen LogP contribution is -2.21. The lowest BCUT2D eigenvalue weighted by atomic mass is 9.87. The van der Waals surface area contributed by atoms with Crippen LogP contribution in [0.4, 0.5) is 0 Å². The molecule has 5 heteroatoms. The summed E-state index contributed by atoms with van der Waals surface area (Å²) in [5.41, 5.74) is 4.79. The van der Waals surface area contributed by atoms with Gasteiger partial charge < -0.3 is 14.4 Å². The minimum Gasteiger partial charge on any atom is -0.492 e. The summed E-state index contributed by atoms with van der Waals surface area (Å²) in [6.07, 6.45) is -0.599. The highest BCUT2D eigenvalue weighted by atomic mass is 35.5. The van der Waals surface area contributed by atoms with Crippen molar-refractivity contribution < 1.29 is 14.3 Å². The molecule has 0 aliphatic rings. The fourth-order valence-corrected chi connectivity index (χ4v) is 3.84. The monoisotopic (exact) mass is 463 g/mol. The van der Waals surface area contributed by atoms with E-state index in [0.29, 0.717) is 6.61 Å². The molecule has 0 saturated heterocycles. The Morgan fingerprint density at radius 1 is 0.848 bits per heavy atom. The van der Waals surface area contributed by atoms with Gasteiger partial charge in [-0.2, -0.15) is 0 Å². The minimum atomic E-state index is -0.599. The predicted octanol–water partition coefficient (Wildman–Crippen LogP) is 5.76. The van der Waals surface area contributed by atoms with Crippen molar-refractivity contribution in [3.05, 3.63) is 102 Å². The van der Waals surface area contributed by atoms with Gasteiger partial charge in [0, 0.05) is 19.0 Å². The van der Waals surface area contributed by atoms with Crippen LogP contribution in [-0.4, -0.2) is 50.1 Å². The Hall–Kier alpha value is -3.08.